The van der Waals surface area contributed by atoms with E-state index in [9.17, 15) is 5.11 Å². The zero-order valence-electron chi connectivity index (χ0n) is 13.6. The number of aliphatic hydroxyl groups excluding tert-OH is 1. The third-order valence-corrected chi connectivity index (χ3v) is 3.55. The lowest BCUT2D eigenvalue weighted by Crippen LogP contribution is -2.39. The Labute approximate surface area is 128 Å². The van der Waals surface area contributed by atoms with Gasteiger partial charge in [0, 0.05) is 19.1 Å². The van der Waals surface area contributed by atoms with Crippen molar-refractivity contribution in [1.82, 2.24) is 4.90 Å². The highest BCUT2D eigenvalue weighted by Crippen LogP contribution is 2.15. The average molecular weight is 289 g/mol. The van der Waals surface area contributed by atoms with E-state index in [1.165, 1.54) is 16.7 Å². The summed E-state index contributed by atoms with van der Waals surface area (Å²) in [6.45, 7) is 10.4. The van der Waals surface area contributed by atoms with Gasteiger partial charge in [0.2, 0.25) is 0 Å². The molecule has 1 aromatic rings. The molecule has 0 saturated carbocycles. The molecule has 0 aromatic heterocycles. The smallest absolute Gasteiger partial charge is 0.107 e. The van der Waals surface area contributed by atoms with Crippen molar-refractivity contribution in [2.45, 2.75) is 46.4 Å². The molecule has 1 atom stereocenters. The summed E-state index contributed by atoms with van der Waals surface area (Å²) in [5.74, 6) is 2.41. The normalized spacial score (nSPS) is 12.7. The molecule has 0 heterocycles. The van der Waals surface area contributed by atoms with Gasteiger partial charge >= 0.3 is 0 Å². The van der Waals surface area contributed by atoms with E-state index in [1.54, 1.807) is 0 Å². The molecule has 21 heavy (non-hydrogen) atoms. The predicted molar refractivity (Wildman–Crippen MR) is 87.1 cm³/mol. The minimum Gasteiger partial charge on any atom is -0.389 e. The molecule has 0 aliphatic heterocycles. The fourth-order valence-electron chi connectivity index (χ4n) is 2.22. The van der Waals surface area contributed by atoms with Gasteiger partial charge in [-0.25, -0.2) is 0 Å². The molecule has 3 nitrogen and oxygen atoms in total. The number of terminal acetylenes is 1. The Kier molecular flexibility index (Phi) is 7.45. The summed E-state index contributed by atoms with van der Waals surface area (Å²) < 4.78 is 5.21. The van der Waals surface area contributed by atoms with Crippen LogP contribution < -0.4 is 0 Å². The first-order valence-electron chi connectivity index (χ1n) is 7.43. The molecule has 3 heteroatoms. The highest BCUT2D eigenvalue weighted by Gasteiger charge is 2.16. The number of aryl methyl sites for hydroxylation is 2. The first kappa shape index (κ1) is 17.7. The fraction of sp³-hybridized carbons (Fsp3) is 0.556. The number of aliphatic hydroxyl groups is 1. The minimum absolute atomic E-state index is 0.246. The molecule has 0 aliphatic carbocycles. The van der Waals surface area contributed by atoms with Gasteiger partial charge in [0.1, 0.15) is 6.61 Å². The highest BCUT2D eigenvalue weighted by atomic mass is 16.5. The van der Waals surface area contributed by atoms with Crippen molar-refractivity contribution in [2.75, 3.05) is 19.8 Å². The van der Waals surface area contributed by atoms with E-state index in [0.717, 1.165) is 6.54 Å². The van der Waals surface area contributed by atoms with E-state index < -0.39 is 6.10 Å². The summed E-state index contributed by atoms with van der Waals surface area (Å²) in [5, 5.41) is 10.1. The lowest BCUT2D eigenvalue weighted by atomic mass is 10.0. The SMILES string of the molecule is C#CCOC[C@@H](O)CN(Cc1cc(C)ccc1C)C(C)C. The topological polar surface area (TPSA) is 32.7 Å². The van der Waals surface area contributed by atoms with Crippen LogP contribution in [0.2, 0.25) is 0 Å². The maximum absolute atomic E-state index is 10.1. The summed E-state index contributed by atoms with van der Waals surface area (Å²) in [4.78, 5) is 2.26. The second-order valence-corrected chi connectivity index (χ2v) is 5.83. The van der Waals surface area contributed by atoms with Gasteiger partial charge in [-0.1, -0.05) is 29.7 Å². The van der Waals surface area contributed by atoms with Gasteiger partial charge in [0.05, 0.1) is 12.7 Å². The zero-order chi connectivity index (χ0) is 15.8. The second kappa shape index (κ2) is 8.84. The van der Waals surface area contributed by atoms with Crippen LogP contribution in [0.15, 0.2) is 18.2 Å². The van der Waals surface area contributed by atoms with Crippen molar-refractivity contribution >= 4 is 0 Å². The summed E-state index contributed by atoms with van der Waals surface area (Å²) in [7, 11) is 0. The number of hydrogen-bond acceptors (Lipinski definition) is 3. The Morgan fingerprint density at radius 2 is 2.05 bits per heavy atom. The van der Waals surface area contributed by atoms with Crippen LogP contribution in [0.3, 0.4) is 0 Å². The molecule has 0 spiro atoms. The van der Waals surface area contributed by atoms with Gasteiger partial charge < -0.3 is 9.84 Å². The lowest BCUT2D eigenvalue weighted by molar-refractivity contribution is 0.0191. The van der Waals surface area contributed by atoms with Crippen LogP contribution in [-0.4, -0.2) is 41.9 Å². The summed E-state index contributed by atoms with van der Waals surface area (Å²) in [6, 6.07) is 6.84. The van der Waals surface area contributed by atoms with Crippen molar-refractivity contribution in [3.63, 3.8) is 0 Å². The van der Waals surface area contributed by atoms with Crippen LogP contribution in [0.4, 0.5) is 0 Å². The third kappa shape index (κ3) is 6.31. The molecular weight excluding hydrogens is 262 g/mol. The zero-order valence-corrected chi connectivity index (χ0v) is 13.6. The van der Waals surface area contributed by atoms with E-state index in [0.29, 0.717) is 12.6 Å². The Bertz CT molecular complexity index is 477. The second-order valence-electron chi connectivity index (χ2n) is 5.83. The Morgan fingerprint density at radius 3 is 2.67 bits per heavy atom. The van der Waals surface area contributed by atoms with Gasteiger partial charge in [-0.05, 0) is 38.8 Å². The van der Waals surface area contributed by atoms with Crippen molar-refractivity contribution in [2.24, 2.45) is 0 Å². The van der Waals surface area contributed by atoms with Crippen LogP contribution in [0.25, 0.3) is 0 Å². The van der Waals surface area contributed by atoms with Gasteiger partial charge in [-0.3, -0.25) is 4.90 Å². The fourth-order valence-corrected chi connectivity index (χ4v) is 2.22. The van der Waals surface area contributed by atoms with Gasteiger partial charge in [-0.2, -0.15) is 0 Å². The molecule has 0 saturated heterocycles. The first-order chi connectivity index (χ1) is 9.93. The Hall–Kier alpha value is -1.34. The number of ether oxygens (including phenoxy) is 1. The molecular formula is C18H27NO2. The van der Waals surface area contributed by atoms with Crippen molar-refractivity contribution in [3.8, 4) is 12.3 Å². The third-order valence-electron chi connectivity index (χ3n) is 3.55. The molecule has 0 amide bonds. The van der Waals surface area contributed by atoms with E-state index in [-0.39, 0.29) is 13.2 Å². The summed E-state index contributed by atoms with van der Waals surface area (Å²) in [5.41, 5.74) is 3.85. The van der Waals surface area contributed by atoms with Crippen LogP contribution in [0.5, 0.6) is 0 Å². The molecule has 1 rings (SSSR count). The highest BCUT2D eigenvalue weighted by molar-refractivity contribution is 5.30. The monoisotopic (exact) mass is 289 g/mol. The van der Waals surface area contributed by atoms with Gasteiger partial charge in [0.15, 0.2) is 0 Å². The van der Waals surface area contributed by atoms with E-state index >= 15 is 0 Å². The molecule has 0 aliphatic rings. The molecule has 0 radical (unpaired) electrons. The Balaban J connectivity index is 2.65. The maximum Gasteiger partial charge on any atom is 0.107 e. The van der Waals surface area contributed by atoms with Gasteiger partial charge in [-0.15, -0.1) is 6.42 Å². The summed E-state index contributed by atoms with van der Waals surface area (Å²) in [6.07, 6.45) is 4.61. The summed E-state index contributed by atoms with van der Waals surface area (Å²) >= 11 is 0. The molecule has 116 valence electrons. The van der Waals surface area contributed by atoms with Crippen molar-refractivity contribution < 1.29 is 9.84 Å². The van der Waals surface area contributed by atoms with Crippen molar-refractivity contribution in [3.05, 3.63) is 34.9 Å². The number of benzene rings is 1. The maximum atomic E-state index is 10.1. The molecule has 0 fully saturated rings. The largest absolute Gasteiger partial charge is 0.389 e. The van der Waals surface area contributed by atoms with E-state index in [4.69, 9.17) is 11.2 Å². The minimum atomic E-state index is -0.522. The van der Waals surface area contributed by atoms with Crippen LogP contribution in [0, 0.1) is 26.2 Å². The molecule has 1 aromatic carbocycles. The average Bonchev–Trinajstić information content (AvgIpc) is 2.42. The van der Waals surface area contributed by atoms with E-state index in [2.05, 4.69) is 56.7 Å². The van der Waals surface area contributed by atoms with Crippen LogP contribution >= 0.6 is 0 Å². The molecule has 0 bridgehead atoms. The van der Waals surface area contributed by atoms with Crippen LogP contribution in [0.1, 0.15) is 30.5 Å². The molecule has 1 N–H and O–H groups in total. The quantitative estimate of drug-likeness (QED) is 0.589. The standard InChI is InChI=1S/C18H27NO2/c1-6-9-21-13-18(20)12-19(14(2)3)11-17-10-15(4)7-8-16(17)5/h1,7-8,10,14,18,20H,9,11-13H2,2-5H3/t18-/m0/s1. The number of rotatable bonds is 8. The Morgan fingerprint density at radius 1 is 1.33 bits per heavy atom. The number of hydrogen-bond donors (Lipinski definition) is 1. The first-order valence-corrected chi connectivity index (χ1v) is 7.43. The predicted octanol–water partition coefficient (Wildman–Crippen LogP) is 2.52. The number of nitrogens with zero attached hydrogens (tertiary/aromatic N) is 1. The van der Waals surface area contributed by atoms with Crippen molar-refractivity contribution in [1.29, 1.82) is 0 Å². The lowest BCUT2D eigenvalue weighted by Gasteiger charge is -2.29. The van der Waals surface area contributed by atoms with Crippen LogP contribution in [-0.2, 0) is 11.3 Å². The molecule has 0 unspecified atom stereocenters. The van der Waals surface area contributed by atoms with E-state index in [1.807, 2.05) is 0 Å². The van der Waals surface area contributed by atoms with Gasteiger partial charge in [0.25, 0.3) is 0 Å².